The first kappa shape index (κ1) is 21.6. The molecule has 164 valence electrons. The first-order valence-corrected chi connectivity index (χ1v) is 12.1. The highest BCUT2D eigenvalue weighted by atomic mass is 32.1. The van der Waals surface area contributed by atoms with Gasteiger partial charge in [-0.1, -0.05) is 19.9 Å². The van der Waals surface area contributed by atoms with Crippen LogP contribution >= 0.6 is 11.3 Å². The molecular weight excluding hydrogens is 406 g/mol. The molecule has 0 N–H and O–H groups in total. The van der Waals surface area contributed by atoms with Crippen molar-refractivity contribution in [1.29, 1.82) is 0 Å². The first-order valence-electron chi connectivity index (χ1n) is 11.2. The lowest BCUT2D eigenvalue weighted by Gasteiger charge is -2.37. The zero-order chi connectivity index (χ0) is 22.1. The highest BCUT2D eigenvalue weighted by Gasteiger charge is 2.44. The van der Waals surface area contributed by atoms with Crippen molar-refractivity contribution in [2.24, 2.45) is 11.8 Å². The Bertz CT molecular complexity index is 967. The predicted octanol–water partition coefficient (Wildman–Crippen LogP) is 4.86. The van der Waals surface area contributed by atoms with E-state index < -0.39 is 0 Å². The third-order valence-electron chi connectivity index (χ3n) is 6.25. The van der Waals surface area contributed by atoms with E-state index in [4.69, 9.17) is 0 Å². The van der Waals surface area contributed by atoms with Crippen molar-refractivity contribution < 1.29 is 9.59 Å². The Morgan fingerprint density at radius 1 is 0.968 bits per heavy atom. The number of anilines is 2. The molecule has 1 fully saturated rings. The second kappa shape index (κ2) is 8.87. The SMILES string of the molecule is CCN(CC)c1ccc(N2C(=O)C(c3cccs3)=C(N3CC(C)CC(C)C3)C2=O)cc1. The molecule has 1 aromatic carbocycles. The average Bonchev–Trinajstić information content (AvgIpc) is 3.35. The quantitative estimate of drug-likeness (QED) is 0.606. The monoisotopic (exact) mass is 437 g/mol. The Morgan fingerprint density at radius 2 is 1.61 bits per heavy atom. The largest absolute Gasteiger partial charge is 0.372 e. The van der Waals surface area contributed by atoms with Gasteiger partial charge in [-0.05, 0) is 67.8 Å². The van der Waals surface area contributed by atoms with E-state index in [1.807, 2.05) is 41.8 Å². The molecule has 6 heteroatoms. The van der Waals surface area contributed by atoms with Crippen molar-refractivity contribution in [3.05, 3.63) is 52.4 Å². The molecular formula is C25H31N3O2S. The summed E-state index contributed by atoms with van der Waals surface area (Å²) in [7, 11) is 0. The van der Waals surface area contributed by atoms with Crippen LogP contribution in [0.4, 0.5) is 11.4 Å². The highest BCUT2D eigenvalue weighted by Crippen LogP contribution is 2.38. The van der Waals surface area contributed by atoms with E-state index in [-0.39, 0.29) is 11.8 Å². The minimum atomic E-state index is -0.219. The molecule has 5 nitrogen and oxygen atoms in total. The Hall–Kier alpha value is -2.60. The maximum Gasteiger partial charge on any atom is 0.282 e. The van der Waals surface area contributed by atoms with E-state index in [2.05, 4.69) is 37.5 Å². The van der Waals surface area contributed by atoms with Gasteiger partial charge in [0.2, 0.25) is 0 Å². The van der Waals surface area contributed by atoms with Gasteiger partial charge in [0.15, 0.2) is 0 Å². The maximum atomic E-state index is 13.7. The van der Waals surface area contributed by atoms with Crippen LogP contribution in [-0.4, -0.2) is 42.9 Å². The number of imide groups is 1. The number of likely N-dealkylation sites (tertiary alicyclic amines) is 1. The normalized spacial score (nSPS) is 21.9. The van der Waals surface area contributed by atoms with Gasteiger partial charge < -0.3 is 9.80 Å². The maximum absolute atomic E-state index is 13.7. The molecule has 31 heavy (non-hydrogen) atoms. The molecule has 2 aromatic rings. The Labute approximate surface area is 189 Å². The fourth-order valence-corrected chi connectivity index (χ4v) is 5.70. The molecule has 0 aliphatic carbocycles. The summed E-state index contributed by atoms with van der Waals surface area (Å²) in [6, 6.07) is 11.6. The van der Waals surface area contributed by atoms with Gasteiger partial charge in [-0.3, -0.25) is 9.59 Å². The highest BCUT2D eigenvalue weighted by molar-refractivity contribution is 7.11. The zero-order valence-electron chi connectivity index (χ0n) is 18.8. The number of thiophene rings is 1. The topological polar surface area (TPSA) is 43.9 Å². The molecule has 0 radical (unpaired) electrons. The van der Waals surface area contributed by atoms with E-state index in [9.17, 15) is 9.59 Å². The van der Waals surface area contributed by atoms with Crippen molar-refractivity contribution in [1.82, 2.24) is 4.90 Å². The molecule has 2 aliphatic heterocycles. The van der Waals surface area contributed by atoms with Crippen LogP contribution in [0.15, 0.2) is 47.5 Å². The molecule has 0 bridgehead atoms. The number of piperidine rings is 1. The third kappa shape index (κ3) is 4.01. The second-order valence-electron chi connectivity index (χ2n) is 8.69. The van der Waals surface area contributed by atoms with E-state index >= 15 is 0 Å². The number of carbonyl (C=O) groups excluding carboxylic acids is 2. The number of hydrogen-bond acceptors (Lipinski definition) is 5. The number of rotatable bonds is 6. The summed E-state index contributed by atoms with van der Waals surface area (Å²) in [5.74, 6) is 0.562. The van der Waals surface area contributed by atoms with Gasteiger partial charge in [-0.2, -0.15) is 0 Å². The summed E-state index contributed by atoms with van der Waals surface area (Å²) in [5, 5.41) is 1.96. The predicted molar refractivity (Wildman–Crippen MR) is 128 cm³/mol. The number of nitrogens with zero attached hydrogens (tertiary/aromatic N) is 3. The van der Waals surface area contributed by atoms with Gasteiger partial charge in [0.1, 0.15) is 5.70 Å². The van der Waals surface area contributed by atoms with Crippen LogP contribution in [0, 0.1) is 11.8 Å². The van der Waals surface area contributed by atoms with Crippen LogP contribution < -0.4 is 9.80 Å². The first-order chi connectivity index (χ1) is 14.9. The van der Waals surface area contributed by atoms with E-state index in [0.717, 1.165) is 43.2 Å². The average molecular weight is 438 g/mol. The summed E-state index contributed by atoms with van der Waals surface area (Å²) < 4.78 is 0. The van der Waals surface area contributed by atoms with Crippen LogP contribution in [0.1, 0.15) is 39.0 Å². The van der Waals surface area contributed by atoms with Crippen LogP contribution in [0.3, 0.4) is 0 Å². The number of carbonyl (C=O) groups is 2. The Kier molecular flexibility index (Phi) is 6.19. The summed E-state index contributed by atoms with van der Waals surface area (Å²) in [6.07, 6.45) is 1.15. The van der Waals surface area contributed by atoms with Crippen LogP contribution in [0.2, 0.25) is 0 Å². The minimum Gasteiger partial charge on any atom is -0.372 e. The summed E-state index contributed by atoms with van der Waals surface area (Å²) in [5.41, 5.74) is 2.85. The third-order valence-corrected chi connectivity index (χ3v) is 7.14. The standard InChI is InChI=1S/C25H31N3O2S/c1-5-26(6-2)19-9-11-20(12-10-19)28-24(29)22(21-8-7-13-31-21)23(25(28)30)27-15-17(3)14-18(4)16-27/h7-13,17-18H,5-6,14-16H2,1-4H3. The van der Waals surface area contributed by atoms with E-state index in [1.54, 1.807) is 0 Å². The Balaban J connectivity index is 1.72. The van der Waals surface area contributed by atoms with Gasteiger partial charge >= 0.3 is 0 Å². The molecule has 3 heterocycles. The lowest BCUT2D eigenvalue weighted by molar-refractivity contribution is -0.120. The summed E-state index contributed by atoms with van der Waals surface area (Å²) in [6.45, 7) is 12.1. The molecule has 1 saturated heterocycles. The van der Waals surface area contributed by atoms with Gasteiger partial charge in [0.05, 0.1) is 11.3 Å². The van der Waals surface area contributed by atoms with Crippen LogP contribution in [0.5, 0.6) is 0 Å². The lowest BCUT2D eigenvalue weighted by Crippen LogP contribution is -2.42. The van der Waals surface area contributed by atoms with Crippen molar-refractivity contribution in [3.63, 3.8) is 0 Å². The second-order valence-corrected chi connectivity index (χ2v) is 9.63. The van der Waals surface area contributed by atoms with Crippen molar-refractivity contribution in [2.75, 3.05) is 36.0 Å². The molecule has 2 aliphatic rings. The summed E-state index contributed by atoms with van der Waals surface area (Å²) in [4.78, 5) is 33.9. The Morgan fingerprint density at radius 3 is 2.16 bits per heavy atom. The van der Waals surface area contributed by atoms with Gasteiger partial charge in [0.25, 0.3) is 11.8 Å². The number of benzene rings is 1. The van der Waals surface area contributed by atoms with E-state index in [1.165, 1.54) is 16.2 Å². The lowest BCUT2D eigenvalue weighted by atomic mass is 9.91. The van der Waals surface area contributed by atoms with E-state index in [0.29, 0.717) is 28.8 Å². The molecule has 2 atom stereocenters. The molecule has 1 aromatic heterocycles. The van der Waals surface area contributed by atoms with Gasteiger partial charge in [0, 0.05) is 36.7 Å². The molecule has 2 amide bonds. The fraction of sp³-hybridized carbons (Fsp3) is 0.440. The molecule has 2 unspecified atom stereocenters. The molecule has 0 spiro atoms. The summed E-state index contributed by atoms with van der Waals surface area (Å²) >= 11 is 1.51. The number of amides is 2. The fourth-order valence-electron chi connectivity index (χ4n) is 4.94. The van der Waals surface area contributed by atoms with Gasteiger partial charge in [-0.15, -0.1) is 11.3 Å². The van der Waals surface area contributed by atoms with Crippen molar-refractivity contribution in [2.45, 2.75) is 34.1 Å². The van der Waals surface area contributed by atoms with Gasteiger partial charge in [-0.25, -0.2) is 4.90 Å². The zero-order valence-corrected chi connectivity index (χ0v) is 19.6. The van der Waals surface area contributed by atoms with Crippen molar-refractivity contribution in [3.8, 4) is 0 Å². The van der Waals surface area contributed by atoms with Crippen LogP contribution in [0.25, 0.3) is 5.57 Å². The minimum absolute atomic E-state index is 0.203. The number of hydrogen-bond donors (Lipinski definition) is 0. The molecule has 4 rings (SSSR count). The van der Waals surface area contributed by atoms with Crippen molar-refractivity contribution >= 4 is 40.1 Å². The molecule has 0 saturated carbocycles. The smallest absolute Gasteiger partial charge is 0.282 e. The van der Waals surface area contributed by atoms with Crippen LogP contribution in [-0.2, 0) is 9.59 Å².